The molecule has 0 unspecified atom stereocenters. The number of hydrogen-bond donors (Lipinski definition) is 3. The van der Waals surface area contributed by atoms with Crippen LogP contribution < -0.4 is 5.32 Å². The van der Waals surface area contributed by atoms with Gasteiger partial charge in [0.1, 0.15) is 5.69 Å². The zero-order valence-electron chi connectivity index (χ0n) is 14.4. The number of aromatic nitrogens is 1. The average molecular weight is 396 g/mol. The highest BCUT2D eigenvalue weighted by atomic mass is 19.4. The van der Waals surface area contributed by atoms with E-state index in [9.17, 15) is 36.6 Å². The standard InChI is InChI=1S/C17H18F6N2O2/c1-15(2,8-26)24-7-12(27)10-6-13(17(21,22)23)25-14-9(10)4-3-5-11(14)16(18,19)20/h3-6,12,24,26-27H,7-8H2,1-2H3/t12-/m1/s1. The molecule has 0 radical (unpaired) electrons. The van der Waals surface area contributed by atoms with Crippen molar-refractivity contribution >= 4 is 10.9 Å². The topological polar surface area (TPSA) is 65.4 Å². The molecule has 0 amide bonds. The van der Waals surface area contributed by atoms with Crippen molar-refractivity contribution < 1.29 is 36.6 Å². The summed E-state index contributed by atoms with van der Waals surface area (Å²) in [6.07, 6.45) is -11.4. The van der Waals surface area contributed by atoms with Crippen LogP contribution in [0, 0.1) is 0 Å². The summed E-state index contributed by atoms with van der Waals surface area (Å²) in [6.45, 7) is 2.59. The van der Waals surface area contributed by atoms with Gasteiger partial charge in [-0.05, 0) is 31.5 Å². The van der Waals surface area contributed by atoms with Gasteiger partial charge < -0.3 is 15.5 Å². The first-order valence-corrected chi connectivity index (χ1v) is 7.88. The summed E-state index contributed by atoms with van der Waals surface area (Å²) in [7, 11) is 0. The maximum absolute atomic E-state index is 13.2. The molecule has 2 rings (SSSR count). The van der Waals surface area contributed by atoms with Gasteiger partial charge in [0.15, 0.2) is 0 Å². The molecule has 0 fully saturated rings. The molecule has 150 valence electrons. The zero-order valence-corrected chi connectivity index (χ0v) is 14.4. The Morgan fingerprint density at radius 1 is 1.07 bits per heavy atom. The largest absolute Gasteiger partial charge is 0.433 e. The van der Waals surface area contributed by atoms with Crippen LogP contribution >= 0.6 is 0 Å². The Bertz CT molecular complexity index is 817. The normalized spacial score (nSPS) is 14.6. The lowest BCUT2D eigenvalue weighted by atomic mass is 9.98. The van der Waals surface area contributed by atoms with E-state index in [1.807, 2.05) is 0 Å². The molecule has 0 saturated carbocycles. The first-order chi connectivity index (χ1) is 12.3. The summed E-state index contributed by atoms with van der Waals surface area (Å²) in [5, 5.41) is 22.1. The van der Waals surface area contributed by atoms with Gasteiger partial charge in [0, 0.05) is 17.5 Å². The number of benzene rings is 1. The molecule has 1 aromatic carbocycles. The minimum Gasteiger partial charge on any atom is -0.394 e. The van der Waals surface area contributed by atoms with E-state index in [0.717, 1.165) is 6.07 Å². The minimum absolute atomic E-state index is 0.228. The molecule has 0 aliphatic heterocycles. The van der Waals surface area contributed by atoms with Crippen LogP contribution in [0.25, 0.3) is 10.9 Å². The van der Waals surface area contributed by atoms with Crippen molar-refractivity contribution in [1.82, 2.24) is 10.3 Å². The number of fused-ring (bicyclic) bond motifs is 1. The Hall–Kier alpha value is -1.91. The SMILES string of the molecule is CC(C)(CO)NC[C@@H](O)c1cc(C(F)(F)F)nc2c(C(F)(F)F)cccc12. The number of nitrogens with one attached hydrogen (secondary N) is 1. The molecule has 0 aliphatic rings. The monoisotopic (exact) mass is 396 g/mol. The van der Waals surface area contributed by atoms with E-state index in [4.69, 9.17) is 0 Å². The summed E-state index contributed by atoms with van der Waals surface area (Å²) in [4.78, 5) is 3.16. The number of nitrogens with zero attached hydrogens (tertiary/aromatic N) is 1. The molecule has 0 aliphatic carbocycles. The van der Waals surface area contributed by atoms with E-state index in [1.165, 1.54) is 6.07 Å². The van der Waals surface area contributed by atoms with Gasteiger partial charge in [-0.3, -0.25) is 0 Å². The lowest BCUT2D eigenvalue weighted by Gasteiger charge is -2.26. The lowest BCUT2D eigenvalue weighted by Crippen LogP contribution is -2.44. The van der Waals surface area contributed by atoms with Gasteiger partial charge in [0.25, 0.3) is 0 Å². The summed E-state index contributed by atoms with van der Waals surface area (Å²) >= 11 is 0. The Morgan fingerprint density at radius 2 is 1.70 bits per heavy atom. The second-order valence-corrected chi connectivity index (χ2v) is 6.73. The van der Waals surface area contributed by atoms with Crippen LogP contribution in [0.3, 0.4) is 0 Å². The number of β-amino-alcohol motifs (C(OH)–C–C–N with tert-alkyl or cyclic N) is 1. The lowest BCUT2D eigenvalue weighted by molar-refractivity contribution is -0.142. The molecular formula is C17H18F6N2O2. The van der Waals surface area contributed by atoms with Crippen molar-refractivity contribution in [2.75, 3.05) is 13.2 Å². The zero-order chi connectivity index (χ0) is 20.6. The number of rotatable bonds is 5. The number of halogens is 6. The number of aliphatic hydroxyl groups excluding tert-OH is 2. The molecule has 2 aromatic rings. The van der Waals surface area contributed by atoms with Gasteiger partial charge in [-0.2, -0.15) is 26.3 Å². The fourth-order valence-corrected chi connectivity index (χ4v) is 2.46. The first kappa shape index (κ1) is 21.4. The molecule has 1 aromatic heterocycles. The van der Waals surface area contributed by atoms with Crippen molar-refractivity contribution in [3.05, 3.63) is 41.1 Å². The van der Waals surface area contributed by atoms with E-state index in [0.29, 0.717) is 12.1 Å². The van der Waals surface area contributed by atoms with Crippen molar-refractivity contribution in [2.45, 2.75) is 37.8 Å². The molecule has 1 heterocycles. The predicted molar refractivity (Wildman–Crippen MR) is 85.9 cm³/mol. The van der Waals surface area contributed by atoms with Crippen LogP contribution in [-0.2, 0) is 12.4 Å². The average Bonchev–Trinajstić information content (AvgIpc) is 2.56. The van der Waals surface area contributed by atoms with Gasteiger partial charge in [-0.15, -0.1) is 0 Å². The number of pyridine rings is 1. The third-order valence-corrected chi connectivity index (χ3v) is 4.00. The van der Waals surface area contributed by atoms with Gasteiger partial charge in [-0.25, -0.2) is 4.98 Å². The second kappa shape index (κ2) is 7.25. The highest BCUT2D eigenvalue weighted by molar-refractivity contribution is 5.86. The Labute approximate surface area is 150 Å². The van der Waals surface area contributed by atoms with E-state index in [2.05, 4.69) is 10.3 Å². The Balaban J connectivity index is 2.64. The van der Waals surface area contributed by atoms with Gasteiger partial charge in [0.2, 0.25) is 0 Å². The predicted octanol–water partition coefficient (Wildman–Crippen LogP) is 3.67. The molecule has 10 heteroatoms. The number of para-hydroxylation sites is 1. The molecule has 1 atom stereocenters. The van der Waals surface area contributed by atoms with Crippen molar-refractivity contribution in [3.8, 4) is 0 Å². The van der Waals surface area contributed by atoms with Crippen LogP contribution in [-0.4, -0.2) is 33.9 Å². The summed E-state index contributed by atoms with van der Waals surface area (Å²) in [6, 6.07) is 3.40. The number of hydrogen-bond acceptors (Lipinski definition) is 4. The smallest absolute Gasteiger partial charge is 0.394 e. The molecule has 0 spiro atoms. The molecule has 0 saturated heterocycles. The third kappa shape index (κ3) is 4.88. The molecule has 4 nitrogen and oxygen atoms in total. The minimum atomic E-state index is -4.99. The fourth-order valence-electron chi connectivity index (χ4n) is 2.46. The molecule has 27 heavy (non-hydrogen) atoms. The van der Waals surface area contributed by atoms with Gasteiger partial charge in [-0.1, -0.05) is 12.1 Å². The summed E-state index contributed by atoms with van der Waals surface area (Å²) in [5.41, 5.74) is -4.89. The van der Waals surface area contributed by atoms with Crippen LogP contribution in [0.2, 0.25) is 0 Å². The maximum atomic E-state index is 13.2. The second-order valence-electron chi connectivity index (χ2n) is 6.73. The maximum Gasteiger partial charge on any atom is 0.433 e. The van der Waals surface area contributed by atoms with E-state index in [-0.39, 0.29) is 24.1 Å². The van der Waals surface area contributed by atoms with Crippen molar-refractivity contribution in [3.63, 3.8) is 0 Å². The summed E-state index contributed by atoms with van der Waals surface area (Å²) in [5.74, 6) is 0. The highest BCUT2D eigenvalue weighted by Gasteiger charge is 2.38. The van der Waals surface area contributed by atoms with Gasteiger partial charge in [0.05, 0.1) is 23.8 Å². The molecular weight excluding hydrogens is 378 g/mol. The quantitative estimate of drug-likeness (QED) is 0.675. The van der Waals surface area contributed by atoms with E-state index >= 15 is 0 Å². The molecule has 0 bridgehead atoms. The van der Waals surface area contributed by atoms with E-state index < -0.39 is 40.8 Å². The first-order valence-electron chi connectivity index (χ1n) is 7.88. The van der Waals surface area contributed by atoms with Crippen LogP contribution in [0.5, 0.6) is 0 Å². The Morgan fingerprint density at radius 3 is 2.22 bits per heavy atom. The molecule has 3 N–H and O–H groups in total. The van der Waals surface area contributed by atoms with Crippen LogP contribution in [0.15, 0.2) is 24.3 Å². The van der Waals surface area contributed by atoms with Crippen molar-refractivity contribution in [2.24, 2.45) is 0 Å². The van der Waals surface area contributed by atoms with Gasteiger partial charge >= 0.3 is 12.4 Å². The Kier molecular flexibility index (Phi) is 5.74. The van der Waals surface area contributed by atoms with Crippen LogP contribution in [0.1, 0.15) is 36.8 Å². The van der Waals surface area contributed by atoms with Crippen LogP contribution in [0.4, 0.5) is 26.3 Å². The highest BCUT2D eigenvalue weighted by Crippen LogP contribution is 2.38. The van der Waals surface area contributed by atoms with Crippen molar-refractivity contribution in [1.29, 1.82) is 0 Å². The fraction of sp³-hybridized carbons (Fsp3) is 0.471. The third-order valence-electron chi connectivity index (χ3n) is 4.00. The summed E-state index contributed by atoms with van der Waals surface area (Å²) < 4.78 is 79.0. The van der Waals surface area contributed by atoms with E-state index in [1.54, 1.807) is 13.8 Å². The number of alkyl halides is 6. The number of aliphatic hydroxyl groups is 2.